The number of fused-ring (bicyclic) bond motifs is 1. The standard InChI is InChI=1S/C12H16ClNO2/c13-9-3-1-8-2-4-12(11(8)5-9)14-10(6-15)7-16/h1,3,5,10,12,14-16H,2,4,6-7H2. The molecule has 1 aliphatic carbocycles. The molecule has 1 aromatic rings. The second kappa shape index (κ2) is 5.15. The van der Waals surface area contributed by atoms with Gasteiger partial charge in [0.1, 0.15) is 0 Å². The molecular formula is C12H16ClNO2. The Hall–Kier alpha value is -0.610. The molecule has 1 aliphatic rings. The van der Waals surface area contributed by atoms with Crippen LogP contribution in [0.4, 0.5) is 0 Å². The average molecular weight is 242 g/mol. The summed E-state index contributed by atoms with van der Waals surface area (Å²) < 4.78 is 0. The van der Waals surface area contributed by atoms with Crippen molar-refractivity contribution in [2.75, 3.05) is 13.2 Å². The summed E-state index contributed by atoms with van der Waals surface area (Å²) in [6.07, 6.45) is 2.01. The van der Waals surface area contributed by atoms with Crippen molar-refractivity contribution in [1.82, 2.24) is 5.32 Å². The quantitative estimate of drug-likeness (QED) is 0.744. The molecule has 3 N–H and O–H groups in total. The third kappa shape index (κ3) is 2.38. The normalized spacial score (nSPS) is 19.1. The van der Waals surface area contributed by atoms with E-state index in [4.69, 9.17) is 21.8 Å². The highest BCUT2D eigenvalue weighted by Crippen LogP contribution is 2.33. The lowest BCUT2D eigenvalue weighted by molar-refractivity contribution is 0.162. The molecule has 0 aliphatic heterocycles. The molecular weight excluding hydrogens is 226 g/mol. The van der Waals surface area contributed by atoms with E-state index in [1.165, 1.54) is 11.1 Å². The predicted molar refractivity (Wildman–Crippen MR) is 63.6 cm³/mol. The highest BCUT2D eigenvalue weighted by Gasteiger charge is 2.24. The summed E-state index contributed by atoms with van der Waals surface area (Å²) in [7, 11) is 0. The molecule has 0 fully saturated rings. The van der Waals surface area contributed by atoms with E-state index >= 15 is 0 Å². The zero-order chi connectivity index (χ0) is 11.5. The Balaban J connectivity index is 2.13. The number of aryl methyl sites for hydroxylation is 1. The van der Waals surface area contributed by atoms with Gasteiger partial charge in [-0.15, -0.1) is 0 Å². The van der Waals surface area contributed by atoms with Crippen LogP contribution in [0.3, 0.4) is 0 Å². The molecule has 0 aromatic heterocycles. The fourth-order valence-electron chi connectivity index (χ4n) is 2.19. The van der Waals surface area contributed by atoms with Crippen LogP contribution >= 0.6 is 11.6 Å². The van der Waals surface area contributed by atoms with Crippen molar-refractivity contribution in [1.29, 1.82) is 0 Å². The Morgan fingerprint density at radius 2 is 2.12 bits per heavy atom. The van der Waals surface area contributed by atoms with E-state index in [0.717, 1.165) is 17.9 Å². The first-order chi connectivity index (χ1) is 7.74. The van der Waals surface area contributed by atoms with Gasteiger partial charge in [-0.05, 0) is 36.1 Å². The molecule has 2 rings (SSSR count). The van der Waals surface area contributed by atoms with Gasteiger partial charge < -0.3 is 15.5 Å². The van der Waals surface area contributed by atoms with Crippen LogP contribution in [-0.4, -0.2) is 29.5 Å². The molecule has 0 spiro atoms. The first-order valence-electron chi connectivity index (χ1n) is 5.50. The van der Waals surface area contributed by atoms with E-state index in [2.05, 4.69) is 5.32 Å². The summed E-state index contributed by atoms with van der Waals surface area (Å²) in [6, 6.07) is 5.85. The summed E-state index contributed by atoms with van der Waals surface area (Å²) in [5, 5.41) is 22.1. The third-order valence-electron chi connectivity index (χ3n) is 3.06. The van der Waals surface area contributed by atoms with Crippen molar-refractivity contribution in [3.8, 4) is 0 Å². The zero-order valence-corrected chi connectivity index (χ0v) is 9.74. The van der Waals surface area contributed by atoms with Gasteiger partial charge in [-0.25, -0.2) is 0 Å². The van der Waals surface area contributed by atoms with Crippen molar-refractivity contribution in [2.24, 2.45) is 0 Å². The Kier molecular flexibility index (Phi) is 3.82. The highest BCUT2D eigenvalue weighted by atomic mass is 35.5. The largest absolute Gasteiger partial charge is 0.395 e. The minimum absolute atomic E-state index is 0.0527. The smallest absolute Gasteiger partial charge is 0.0607 e. The summed E-state index contributed by atoms with van der Waals surface area (Å²) >= 11 is 5.97. The molecule has 0 radical (unpaired) electrons. The van der Waals surface area contributed by atoms with Gasteiger partial charge in [0, 0.05) is 11.1 Å². The molecule has 1 unspecified atom stereocenters. The van der Waals surface area contributed by atoms with Gasteiger partial charge in [0.2, 0.25) is 0 Å². The molecule has 0 bridgehead atoms. The number of nitrogens with one attached hydrogen (secondary N) is 1. The molecule has 0 amide bonds. The number of aliphatic hydroxyl groups excluding tert-OH is 2. The second-order valence-corrected chi connectivity index (χ2v) is 4.60. The minimum atomic E-state index is -0.255. The van der Waals surface area contributed by atoms with E-state index in [-0.39, 0.29) is 25.3 Å². The predicted octanol–water partition coefficient (Wildman–Crippen LogP) is 1.27. The Morgan fingerprint density at radius 3 is 2.81 bits per heavy atom. The van der Waals surface area contributed by atoms with Crippen LogP contribution in [0.2, 0.25) is 5.02 Å². The van der Waals surface area contributed by atoms with E-state index in [9.17, 15) is 0 Å². The maximum atomic E-state index is 9.04. The number of benzene rings is 1. The van der Waals surface area contributed by atoms with Gasteiger partial charge >= 0.3 is 0 Å². The van der Waals surface area contributed by atoms with Crippen LogP contribution in [0, 0.1) is 0 Å². The number of hydrogen-bond donors (Lipinski definition) is 3. The van der Waals surface area contributed by atoms with E-state index in [0.29, 0.717) is 0 Å². The van der Waals surface area contributed by atoms with Crippen molar-refractivity contribution < 1.29 is 10.2 Å². The Labute approximate surface area is 100 Å². The lowest BCUT2D eigenvalue weighted by Crippen LogP contribution is -2.37. The van der Waals surface area contributed by atoms with Crippen molar-refractivity contribution in [3.63, 3.8) is 0 Å². The highest BCUT2D eigenvalue weighted by molar-refractivity contribution is 6.30. The topological polar surface area (TPSA) is 52.5 Å². The molecule has 3 nitrogen and oxygen atoms in total. The van der Waals surface area contributed by atoms with Crippen LogP contribution < -0.4 is 5.32 Å². The van der Waals surface area contributed by atoms with Crippen LogP contribution in [0.25, 0.3) is 0 Å². The molecule has 0 saturated carbocycles. The zero-order valence-electron chi connectivity index (χ0n) is 8.99. The minimum Gasteiger partial charge on any atom is -0.395 e. The van der Waals surface area contributed by atoms with Crippen molar-refractivity contribution in [2.45, 2.75) is 24.9 Å². The third-order valence-corrected chi connectivity index (χ3v) is 3.30. The Bertz CT molecular complexity index is 366. The fraction of sp³-hybridized carbons (Fsp3) is 0.500. The lowest BCUT2D eigenvalue weighted by atomic mass is 10.1. The molecule has 0 heterocycles. The van der Waals surface area contributed by atoms with Gasteiger partial charge in [-0.3, -0.25) is 0 Å². The van der Waals surface area contributed by atoms with Gasteiger partial charge in [-0.1, -0.05) is 17.7 Å². The summed E-state index contributed by atoms with van der Waals surface area (Å²) in [6.45, 7) is -0.105. The van der Waals surface area contributed by atoms with E-state index in [1.807, 2.05) is 18.2 Å². The monoisotopic (exact) mass is 241 g/mol. The number of hydrogen-bond acceptors (Lipinski definition) is 3. The number of rotatable bonds is 4. The number of halogens is 1. The first kappa shape index (κ1) is 11.9. The van der Waals surface area contributed by atoms with Crippen LogP contribution in [0.15, 0.2) is 18.2 Å². The summed E-state index contributed by atoms with van der Waals surface area (Å²) in [4.78, 5) is 0. The average Bonchev–Trinajstić information content (AvgIpc) is 2.68. The van der Waals surface area contributed by atoms with E-state index in [1.54, 1.807) is 0 Å². The van der Waals surface area contributed by atoms with Gasteiger partial charge in [0.05, 0.1) is 19.3 Å². The molecule has 1 atom stereocenters. The number of aliphatic hydroxyl groups is 2. The SMILES string of the molecule is OCC(CO)NC1CCc2ccc(Cl)cc21. The van der Waals surface area contributed by atoms with Gasteiger partial charge in [0.15, 0.2) is 0 Å². The molecule has 4 heteroatoms. The van der Waals surface area contributed by atoms with Crippen LogP contribution in [0.5, 0.6) is 0 Å². The lowest BCUT2D eigenvalue weighted by Gasteiger charge is -2.20. The van der Waals surface area contributed by atoms with Crippen molar-refractivity contribution in [3.05, 3.63) is 34.3 Å². The van der Waals surface area contributed by atoms with E-state index < -0.39 is 0 Å². The van der Waals surface area contributed by atoms with Gasteiger partial charge in [-0.2, -0.15) is 0 Å². The second-order valence-electron chi connectivity index (χ2n) is 4.16. The van der Waals surface area contributed by atoms with Crippen LogP contribution in [-0.2, 0) is 6.42 Å². The van der Waals surface area contributed by atoms with Crippen LogP contribution in [0.1, 0.15) is 23.6 Å². The van der Waals surface area contributed by atoms with Gasteiger partial charge in [0.25, 0.3) is 0 Å². The molecule has 1 aromatic carbocycles. The van der Waals surface area contributed by atoms with Crippen molar-refractivity contribution >= 4 is 11.6 Å². The maximum Gasteiger partial charge on any atom is 0.0607 e. The Morgan fingerprint density at radius 1 is 1.38 bits per heavy atom. The maximum absolute atomic E-state index is 9.04. The first-order valence-corrected chi connectivity index (χ1v) is 5.88. The summed E-state index contributed by atoms with van der Waals surface area (Å²) in [5.41, 5.74) is 2.50. The molecule has 88 valence electrons. The molecule has 16 heavy (non-hydrogen) atoms. The summed E-state index contributed by atoms with van der Waals surface area (Å²) in [5.74, 6) is 0. The fourth-order valence-corrected chi connectivity index (χ4v) is 2.37. The molecule has 0 saturated heterocycles.